The van der Waals surface area contributed by atoms with Crippen molar-refractivity contribution in [3.05, 3.63) is 70.4 Å². The van der Waals surface area contributed by atoms with Gasteiger partial charge in [-0.15, -0.1) is 0 Å². The maximum absolute atomic E-state index is 12.4. The molecule has 7 nitrogen and oxygen atoms in total. The Labute approximate surface area is 185 Å². The summed E-state index contributed by atoms with van der Waals surface area (Å²) < 4.78 is 16.3. The zero-order chi connectivity index (χ0) is 21.8. The van der Waals surface area contributed by atoms with Gasteiger partial charge in [0.05, 0.1) is 24.9 Å². The van der Waals surface area contributed by atoms with Crippen molar-refractivity contribution in [3.63, 3.8) is 0 Å². The number of benzene rings is 2. The monoisotopic (exact) mass is 439 g/mol. The molecule has 0 saturated carbocycles. The van der Waals surface area contributed by atoms with E-state index in [9.17, 15) is 4.79 Å². The van der Waals surface area contributed by atoms with Crippen LogP contribution in [0, 0.1) is 0 Å². The van der Waals surface area contributed by atoms with E-state index in [4.69, 9.17) is 25.8 Å². The molecule has 0 N–H and O–H groups in total. The van der Waals surface area contributed by atoms with E-state index in [1.807, 2.05) is 29.2 Å². The topological polar surface area (TPSA) is 73.8 Å². The summed E-state index contributed by atoms with van der Waals surface area (Å²) in [6, 6.07) is 13.5. The number of methoxy groups -OCH3 is 1. The minimum absolute atomic E-state index is 0.166. The second kappa shape index (κ2) is 9.22. The number of carbonyl (C=O) groups excluding carboxylic acids is 1. The normalized spacial score (nSPS) is 12.4. The van der Waals surface area contributed by atoms with Crippen LogP contribution in [0.3, 0.4) is 0 Å². The molecule has 0 spiro atoms. The predicted octanol–water partition coefficient (Wildman–Crippen LogP) is 4.59. The molecule has 4 rings (SSSR count). The van der Waals surface area contributed by atoms with E-state index in [0.717, 1.165) is 24.2 Å². The number of ether oxygens (including phenoxy) is 3. The first-order chi connectivity index (χ1) is 15.1. The molecule has 0 fully saturated rings. The first-order valence-electron chi connectivity index (χ1n) is 9.95. The van der Waals surface area contributed by atoms with Crippen LogP contribution in [0.25, 0.3) is 0 Å². The lowest BCUT2D eigenvalue weighted by molar-refractivity contribution is 0.0519. The smallest absolute Gasteiger partial charge is 0.345 e. The Balaban J connectivity index is 1.63. The standard InChI is InChI=1S/C23H22ClN3O4/c1-3-30-22(28)17-13-25-23(27-11-10-16-6-4-5-7-19(16)27)26-21(17)31-14-15-8-9-20(29-2)18(24)12-15/h4-9,12-13H,3,10-11,14H2,1-2H3. The lowest BCUT2D eigenvalue weighted by Crippen LogP contribution is -2.18. The van der Waals surface area contributed by atoms with E-state index >= 15 is 0 Å². The van der Waals surface area contributed by atoms with E-state index in [1.165, 1.54) is 11.8 Å². The fraction of sp³-hybridized carbons (Fsp3) is 0.261. The molecule has 0 amide bonds. The van der Waals surface area contributed by atoms with Crippen molar-refractivity contribution < 1.29 is 19.0 Å². The lowest BCUT2D eigenvalue weighted by atomic mass is 10.2. The first kappa shape index (κ1) is 20.9. The van der Waals surface area contributed by atoms with Crippen LogP contribution >= 0.6 is 11.6 Å². The molecular formula is C23H22ClN3O4. The molecule has 0 unspecified atom stereocenters. The third-order valence-electron chi connectivity index (χ3n) is 4.96. The van der Waals surface area contributed by atoms with Crippen molar-refractivity contribution in [1.29, 1.82) is 0 Å². The molecular weight excluding hydrogens is 418 g/mol. The molecule has 3 aromatic rings. The van der Waals surface area contributed by atoms with E-state index < -0.39 is 5.97 Å². The summed E-state index contributed by atoms with van der Waals surface area (Å²) in [5, 5.41) is 0.478. The van der Waals surface area contributed by atoms with Gasteiger partial charge in [0.15, 0.2) is 0 Å². The number of halogens is 1. The Hall–Kier alpha value is -3.32. The van der Waals surface area contributed by atoms with Crippen molar-refractivity contribution in [2.45, 2.75) is 20.0 Å². The Kier molecular flexibility index (Phi) is 6.23. The maximum atomic E-state index is 12.4. The van der Waals surface area contributed by atoms with Gasteiger partial charge in [0.2, 0.25) is 11.8 Å². The first-order valence-corrected chi connectivity index (χ1v) is 10.3. The third-order valence-corrected chi connectivity index (χ3v) is 5.25. The van der Waals surface area contributed by atoms with E-state index in [1.54, 1.807) is 26.2 Å². The number of hydrogen-bond donors (Lipinski definition) is 0. The highest BCUT2D eigenvalue weighted by Crippen LogP contribution is 2.33. The Morgan fingerprint density at radius 2 is 2.06 bits per heavy atom. The van der Waals surface area contributed by atoms with Crippen molar-refractivity contribution in [1.82, 2.24) is 9.97 Å². The Morgan fingerprint density at radius 1 is 1.23 bits per heavy atom. The number of rotatable bonds is 7. The van der Waals surface area contributed by atoms with Crippen LogP contribution in [0.5, 0.6) is 11.6 Å². The summed E-state index contributed by atoms with van der Waals surface area (Å²) in [4.78, 5) is 23.4. The van der Waals surface area contributed by atoms with Crippen LogP contribution in [0.1, 0.15) is 28.4 Å². The van der Waals surface area contributed by atoms with Crippen LogP contribution in [-0.2, 0) is 17.8 Å². The number of hydrogen-bond acceptors (Lipinski definition) is 7. The lowest BCUT2D eigenvalue weighted by Gasteiger charge is -2.19. The van der Waals surface area contributed by atoms with Gasteiger partial charge in [-0.2, -0.15) is 4.98 Å². The highest BCUT2D eigenvalue weighted by molar-refractivity contribution is 6.32. The van der Waals surface area contributed by atoms with Crippen LogP contribution in [0.2, 0.25) is 5.02 Å². The second-order valence-electron chi connectivity index (χ2n) is 6.90. The largest absolute Gasteiger partial charge is 0.495 e. The molecule has 2 heterocycles. The molecule has 0 bridgehead atoms. The minimum atomic E-state index is -0.529. The fourth-order valence-corrected chi connectivity index (χ4v) is 3.72. The van der Waals surface area contributed by atoms with Gasteiger partial charge in [0.25, 0.3) is 0 Å². The van der Waals surface area contributed by atoms with E-state index in [0.29, 0.717) is 16.7 Å². The molecule has 1 aliphatic heterocycles. The molecule has 160 valence electrons. The summed E-state index contributed by atoms with van der Waals surface area (Å²) in [5.41, 5.74) is 3.28. The summed E-state index contributed by atoms with van der Waals surface area (Å²) in [6.45, 7) is 2.91. The molecule has 31 heavy (non-hydrogen) atoms. The summed E-state index contributed by atoms with van der Waals surface area (Å²) in [7, 11) is 1.56. The number of aromatic nitrogens is 2. The van der Waals surface area contributed by atoms with Gasteiger partial charge in [0, 0.05) is 12.2 Å². The van der Waals surface area contributed by atoms with Gasteiger partial charge in [-0.25, -0.2) is 9.78 Å². The third kappa shape index (κ3) is 4.41. The van der Waals surface area contributed by atoms with Crippen LogP contribution in [-0.4, -0.2) is 36.2 Å². The number of esters is 1. The molecule has 0 aliphatic carbocycles. The number of anilines is 2. The maximum Gasteiger partial charge on any atom is 0.345 e. The molecule has 2 aromatic carbocycles. The van der Waals surface area contributed by atoms with Gasteiger partial charge in [-0.1, -0.05) is 35.9 Å². The highest BCUT2D eigenvalue weighted by atomic mass is 35.5. The van der Waals surface area contributed by atoms with Crippen molar-refractivity contribution in [2.75, 3.05) is 25.2 Å². The number of nitrogens with zero attached hydrogens (tertiary/aromatic N) is 3. The van der Waals surface area contributed by atoms with Crippen molar-refractivity contribution >= 4 is 29.2 Å². The zero-order valence-corrected chi connectivity index (χ0v) is 18.1. The van der Waals surface area contributed by atoms with E-state index in [-0.39, 0.29) is 24.7 Å². The molecule has 0 saturated heterocycles. The summed E-state index contributed by atoms with van der Waals surface area (Å²) >= 11 is 6.21. The van der Waals surface area contributed by atoms with Gasteiger partial charge >= 0.3 is 5.97 Å². The van der Waals surface area contributed by atoms with E-state index in [2.05, 4.69) is 16.0 Å². The van der Waals surface area contributed by atoms with Crippen LogP contribution < -0.4 is 14.4 Å². The van der Waals surface area contributed by atoms with Gasteiger partial charge in [-0.05, 0) is 42.7 Å². The SMILES string of the molecule is CCOC(=O)c1cnc(N2CCc3ccccc32)nc1OCc1ccc(OC)c(Cl)c1. The zero-order valence-electron chi connectivity index (χ0n) is 17.3. The molecule has 8 heteroatoms. The quantitative estimate of drug-likeness (QED) is 0.498. The van der Waals surface area contributed by atoms with Crippen LogP contribution in [0.4, 0.5) is 11.6 Å². The number of carbonyl (C=O) groups is 1. The molecule has 0 radical (unpaired) electrons. The summed E-state index contributed by atoms with van der Waals surface area (Å²) in [6.07, 6.45) is 2.36. The number of para-hydroxylation sites is 1. The van der Waals surface area contributed by atoms with Crippen LogP contribution in [0.15, 0.2) is 48.7 Å². The van der Waals surface area contributed by atoms with Gasteiger partial charge in [-0.3, -0.25) is 0 Å². The molecule has 1 aromatic heterocycles. The predicted molar refractivity (Wildman–Crippen MR) is 117 cm³/mol. The average molecular weight is 440 g/mol. The molecule has 1 aliphatic rings. The minimum Gasteiger partial charge on any atom is -0.495 e. The van der Waals surface area contributed by atoms with Crippen molar-refractivity contribution in [2.24, 2.45) is 0 Å². The summed E-state index contributed by atoms with van der Waals surface area (Å²) in [5.74, 6) is 0.689. The Morgan fingerprint density at radius 3 is 2.84 bits per heavy atom. The Bertz CT molecular complexity index is 1110. The van der Waals surface area contributed by atoms with Crippen molar-refractivity contribution in [3.8, 4) is 11.6 Å². The molecule has 0 atom stereocenters. The second-order valence-corrected chi connectivity index (χ2v) is 7.30. The highest BCUT2D eigenvalue weighted by Gasteiger charge is 2.25. The average Bonchev–Trinajstić information content (AvgIpc) is 3.22. The van der Waals surface area contributed by atoms with Gasteiger partial charge < -0.3 is 19.1 Å². The number of fused-ring (bicyclic) bond motifs is 1. The fourth-order valence-electron chi connectivity index (χ4n) is 3.44. The van der Waals surface area contributed by atoms with Gasteiger partial charge in [0.1, 0.15) is 17.9 Å².